The van der Waals surface area contributed by atoms with Gasteiger partial charge in [0.2, 0.25) is 11.8 Å². The number of nitrogens with one attached hydrogen (secondary N) is 3. The van der Waals surface area contributed by atoms with Crippen molar-refractivity contribution in [1.29, 1.82) is 0 Å². The number of amides is 9. The molecule has 1 saturated heterocycles. The number of benzene rings is 1. The fourth-order valence-corrected chi connectivity index (χ4v) is 23.4. The van der Waals surface area contributed by atoms with Gasteiger partial charge in [0.25, 0.3) is 41.4 Å². The molecule has 1 aliphatic heterocycles. The van der Waals surface area contributed by atoms with E-state index in [0.29, 0.717) is 0 Å². The first-order chi connectivity index (χ1) is 42.1. The molecular weight excluding hydrogens is 2220 g/mol. The van der Waals surface area contributed by atoms with Crippen LogP contribution < -0.4 is 16.0 Å². The number of allylic oxidation sites excluding steroid dienone is 2. The minimum Gasteiger partial charge on any atom is -0.394 e. The molecule has 10 atom stereocenters. The lowest BCUT2D eigenvalue weighted by Gasteiger charge is -2.37. The molecule has 0 spiro atoms. The van der Waals surface area contributed by atoms with E-state index in [1.807, 2.05) is 67.8 Å². The average Bonchev–Trinajstić information content (AvgIpc) is 0.844. The second kappa shape index (κ2) is 37.5. The maximum Gasteiger partial charge on any atom is 0.256 e. The number of anilines is 1. The molecular formula is C51H64I9N9O21. The SMILES string of the molecule is CN(CC(O)CO)C(=O)C1=C(I)C(C(=O)N2CCN(C(=O)C3=C(I)C(NC(=O)C(O)CO)=C(I)C(C(=O)N(C)CC(O)CO)C3I)CCN(C(=O)c3c(I)c(NC(=O)C(O)CO)c(I)c(C(=O)N(C)CC(O)CO)c3I)CC2)C(I)C(NC(=O)C(O)CO)=C1I. The number of alkyl halides is 2. The first-order valence-electron chi connectivity index (χ1n) is 26.5. The zero-order valence-electron chi connectivity index (χ0n) is 47.5. The number of hydrogen-bond acceptors (Lipinski definition) is 21. The van der Waals surface area contributed by atoms with Gasteiger partial charge in [0.15, 0.2) is 18.3 Å². The van der Waals surface area contributed by atoms with Crippen LogP contribution in [0.5, 0.6) is 0 Å². The van der Waals surface area contributed by atoms with E-state index in [2.05, 4.69) is 16.0 Å². The molecule has 2 aliphatic carbocycles. The summed E-state index contributed by atoms with van der Waals surface area (Å²) in [5.74, 6) is -10.7. The standard InChI is InChI=1S/C51H64I9N9O21/c1-64(10-19(76)13-70)46(85)25-31(52)28(37(58)40(34(25)55)61-43(82)22(79)16-73)49(88)67-4-6-68(50(89)29-32(53)26(47(86)65(2)11-20(77)14-71)35(56)41(38(29)59)62-44(83)23(80)17-74)8-9-69(7-5-67)51(90)30-33(54)27(48(87)66(3)12-21(78)15-72)36(57)42(39(30)60)63-45(84)24(81)18-75/h19-25,29,31,38,70-81H,4-18H2,1-3H3,(H,61,82)(H,62,83)(H,63,84). The third-order valence-corrected chi connectivity index (χ3v) is 24.5. The third-order valence-electron chi connectivity index (χ3n) is 13.9. The molecule has 10 unspecified atom stereocenters. The number of carbonyl (C=O) groups excluding carboxylic acids is 9. The zero-order chi connectivity index (χ0) is 68.2. The molecule has 0 aromatic heterocycles. The van der Waals surface area contributed by atoms with Crippen LogP contribution >= 0.6 is 203 Å². The topological polar surface area (TPSA) is 452 Å². The van der Waals surface area contributed by atoms with Gasteiger partial charge >= 0.3 is 0 Å². The molecule has 1 aromatic carbocycles. The fourth-order valence-electron chi connectivity index (χ4n) is 8.97. The van der Waals surface area contributed by atoms with Crippen molar-refractivity contribution in [2.45, 2.75) is 44.5 Å². The average molecular weight is 2280 g/mol. The Kier molecular flexibility index (Phi) is 34.1. The predicted molar refractivity (Wildman–Crippen MR) is 396 cm³/mol. The van der Waals surface area contributed by atoms with Gasteiger partial charge in [-0.1, -0.05) is 45.2 Å². The third kappa shape index (κ3) is 19.7. The Bertz CT molecular complexity index is 3070. The lowest BCUT2D eigenvalue weighted by atomic mass is 9.90. The van der Waals surface area contributed by atoms with E-state index >= 15 is 14.4 Å². The lowest BCUT2D eigenvalue weighted by Crippen LogP contribution is -2.50. The Morgan fingerprint density at radius 3 is 1.36 bits per heavy atom. The lowest BCUT2D eigenvalue weighted by molar-refractivity contribution is -0.136. The highest BCUT2D eigenvalue weighted by atomic mass is 127. The van der Waals surface area contributed by atoms with Gasteiger partial charge < -0.3 is 107 Å². The first kappa shape index (κ1) is 81.9. The van der Waals surface area contributed by atoms with E-state index < -0.39 is 156 Å². The number of aliphatic hydroxyl groups is 12. The summed E-state index contributed by atoms with van der Waals surface area (Å²) < 4.78 is -1.68. The summed E-state index contributed by atoms with van der Waals surface area (Å²) in [6, 6.07) is 0. The van der Waals surface area contributed by atoms with Crippen LogP contribution in [0.3, 0.4) is 0 Å². The number of nitrogens with zero attached hydrogens (tertiary/aromatic N) is 6. The number of halogens is 9. The van der Waals surface area contributed by atoms with Crippen molar-refractivity contribution in [2.24, 2.45) is 11.8 Å². The van der Waals surface area contributed by atoms with Crippen molar-refractivity contribution in [3.8, 4) is 0 Å². The number of likely N-dealkylation sites (N-methyl/N-ethyl adjacent to an activating group) is 3. The quantitative estimate of drug-likeness (QED) is 0.0374. The predicted octanol–water partition coefficient (Wildman–Crippen LogP) is -2.57. The molecule has 0 bridgehead atoms. The van der Waals surface area contributed by atoms with Crippen molar-refractivity contribution in [3.63, 3.8) is 0 Å². The Labute approximate surface area is 638 Å². The molecule has 502 valence electrons. The summed E-state index contributed by atoms with van der Waals surface area (Å²) in [6.45, 7) is -8.53. The Morgan fingerprint density at radius 2 is 0.889 bits per heavy atom. The molecule has 1 heterocycles. The molecule has 0 radical (unpaired) electrons. The van der Waals surface area contributed by atoms with E-state index in [1.165, 1.54) is 35.8 Å². The number of carbonyl (C=O) groups is 9. The first-order valence-corrected chi connectivity index (χ1v) is 36.6. The Hall–Kier alpha value is -0.500. The normalized spacial score (nSPS) is 20.5. The Morgan fingerprint density at radius 1 is 0.478 bits per heavy atom. The van der Waals surface area contributed by atoms with Gasteiger partial charge in [0.1, 0.15) is 0 Å². The maximum atomic E-state index is 15.8. The van der Waals surface area contributed by atoms with E-state index in [1.54, 1.807) is 136 Å². The smallest absolute Gasteiger partial charge is 0.256 e. The van der Waals surface area contributed by atoms with Crippen molar-refractivity contribution >= 4 is 262 Å². The number of aliphatic hydroxyl groups excluding tert-OH is 12. The van der Waals surface area contributed by atoms with E-state index in [4.69, 9.17) is 0 Å². The summed E-state index contributed by atoms with van der Waals surface area (Å²) in [5.41, 5.74) is -0.971. The zero-order valence-corrected chi connectivity index (χ0v) is 66.9. The van der Waals surface area contributed by atoms with Crippen LogP contribution in [0, 0.1) is 22.5 Å². The van der Waals surface area contributed by atoms with Crippen molar-refractivity contribution < 1.29 is 104 Å². The molecule has 90 heavy (non-hydrogen) atoms. The number of rotatable bonds is 24. The van der Waals surface area contributed by atoms with Crippen molar-refractivity contribution in [3.05, 3.63) is 58.7 Å². The van der Waals surface area contributed by atoms with E-state index in [-0.39, 0.29) is 117 Å². The second-order valence-electron chi connectivity index (χ2n) is 20.3. The van der Waals surface area contributed by atoms with Crippen LogP contribution in [-0.4, -0.2) is 308 Å². The summed E-state index contributed by atoms with van der Waals surface area (Å²) in [7, 11) is 3.96. The summed E-state index contributed by atoms with van der Waals surface area (Å²) in [6.07, 6.45) is -10.1. The van der Waals surface area contributed by atoms with Crippen LogP contribution in [0.2, 0.25) is 0 Å². The van der Waals surface area contributed by atoms with Crippen LogP contribution in [-0.2, 0) is 33.6 Å². The van der Waals surface area contributed by atoms with Gasteiger partial charge in [-0.05, 0) is 158 Å². The van der Waals surface area contributed by atoms with Gasteiger partial charge in [0.05, 0.1) is 113 Å². The van der Waals surface area contributed by atoms with Crippen molar-refractivity contribution in [1.82, 2.24) is 40.0 Å². The van der Waals surface area contributed by atoms with Gasteiger partial charge in [-0.3, -0.25) is 43.2 Å². The van der Waals surface area contributed by atoms with Crippen LogP contribution in [0.4, 0.5) is 5.69 Å². The monoisotopic (exact) mass is 2280 g/mol. The molecule has 1 aromatic rings. The molecule has 3 aliphatic rings. The van der Waals surface area contributed by atoms with Crippen LogP contribution in [0.25, 0.3) is 0 Å². The summed E-state index contributed by atoms with van der Waals surface area (Å²) in [5, 5.41) is 128. The molecule has 4 rings (SSSR count). The summed E-state index contributed by atoms with van der Waals surface area (Å²) >= 11 is 16.2. The molecule has 0 saturated carbocycles. The molecule has 15 N–H and O–H groups in total. The number of hydrogen-bond donors (Lipinski definition) is 15. The minimum atomic E-state index is -1.98. The Balaban J connectivity index is 2.08. The highest BCUT2D eigenvalue weighted by Gasteiger charge is 2.47. The summed E-state index contributed by atoms with van der Waals surface area (Å²) in [4.78, 5) is 138. The minimum absolute atomic E-state index is 0.00192. The van der Waals surface area contributed by atoms with Gasteiger partial charge in [-0.15, -0.1) is 0 Å². The van der Waals surface area contributed by atoms with Crippen LogP contribution in [0.1, 0.15) is 20.7 Å². The maximum absolute atomic E-state index is 15.8. The second-order valence-corrected chi connectivity index (χ2v) is 30.7. The fraction of sp³-hybridized carbons (Fsp3) is 0.549. The highest BCUT2D eigenvalue weighted by molar-refractivity contribution is 14.1. The van der Waals surface area contributed by atoms with Crippen molar-refractivity contribution in [2.75, 3.05) is 125 Å². The molecule has 1 fully saturated rings. The van der Waals surface area contributed by atoms with Gasteiger partial charge in [0, 0.05) is 109 Å². The molecule has 30 nitrogen and oxygen atoms in total. The largest absolute Gasteiger partial charge is 0.394 e. The van der Waals surface area contributed by atoms with Crippen LogP contribution in [0.15, 0.2) is 36.9 Å². The van der Waals surface area contributed by atoms with E-state index in [9.17, 15) is 90.0 Å². The van der Waals surface area contributed by atoms with E-state index in [0.717, 1.165) is 14.7 Å². The molecule has 9 amide bonds. The van der Waals surface area contributed by atoms with Gasteiger partial charge in [-0.2, -0.15) is 0 Å². The molecule has 39 heteroatoms. The highest BCUT2D eigenvalue weighted by Crippen LogP contribution is 2.47. The van der Waals surface area contributed by atoms with Gasteiger partial charge in [-0.25, -0.2) is 0 Å².